The van der Waals surface area contributed by atoms with Crippen LogP contribution in [-0.2, 0) is 14.3 Å². The summed E-state index contributed by atoms with van der Waals surface area (Å²) in [6.07, 6.45) is 6.95. The van der Waals surface area contributed by atoms with Crippen LogP contribution in [-0.4, -0.2) is 56.0 Å². The number of methoxy groups -OCH3 is 1. The van der Waals surface area contributed by atoms with Gasteiger partial charge >= 0.3 is 0 Å². The molecule has 2 fully saturated rings. The second-order valence-corrected chi connectivity index (χ2v) is 6.19. The summed E-state index contributed by atoms with van der Waals surface area (Å²) in [5.74, 6) is 0.655. The van der Waals surface area contributed by atoms with Crippen molar-refractivity contribution in [2.75, 3.05) is 33.4 Å². The molecule has 5 heteroatoms. The van der Waals surface area contributed by atoms with Crippen LogP contribution >= 0.6 is 0 Å². The van der Waals surface area contributed by atoms with E-state index in [0.717, 1.165) is 51.5 Å². The van der Waals surface area contributed by atoms with E-state index >= 15 is 0 Å². The van der Waals surface area contributed by atoms with Crippen molar-refractivity contribution in [3.05, 3.63) is 0 Å². The first-order valence-corrected chi connectivity index (χ1v) is 8.24. The Morgan fingerprint density at radius 3 is 2.95 bits per heavy atom. The Balaban J connectivity index is 1.78. The number of rotatable bonds is 7. The summed E-state index contributed by atoms with van der Waals surface area (Å²) in [5, 5.41) is 2.93. The average Bonchev–Trinajstić information content (AvgIpc) is 2.92. The van der Waals surface area contributed by atoms with E-state index < -0.39 is 0 Å². The van der Waals surface area contributed by atoms with Crippen LogP contribution in [0.25, 0.3) is 0 Å². The van der Waals surface area contributed by atoms with E-state index in [-0.39, 0.29) is 11.8 Å². The Morgan fingerprint density at radius 1 is 1.33 bits per heavy atom. The molecule has 1 aliphatic carbocycles. The summed E-state index contributed by atoms with van der Waals surface area (Å²) in [6, 6.07) is 0.294. The van der Waals surface area contributed by atoms with Gasteiger partial charge in [-0.1, -0.05) is 6.42 Å². The first-order chi connectivity index (χ1) is 10.2. The van der Waals surface area contributed by atoms with Crippen molar-refractivity contribution >= 4 is 11.7 Å². The molecule has 0 radical (unpaired) electrons. The molecule has 0 spiro atoms. The van der Waals surface area contributed by atoms with Crippen LogP contribution in [0, 0.1) is 5.92 Å². The van der Waals surface area contributed by atoms with E-state index in [1.165, 1.54) is 0 Å². The molecule has 0 aromatic rings. The quantitative estimate of drug-likeness (QED) is 0.721. The normalized spacial score (nSPS) is 27.0. The summed E-state index contributed by atoms with van der Waals surface area (Å²) in [5.41, 5.74) is 0. The number of nitrogens with zero attached hydrogens (tertiary/aromatic N) is 1. The van der Waals surface area contributed by atoms with Crippen LogP contribution in [0.5, 0.6) is 0 Å². The smallest absolute Gasteiger partial charge is 0.234 e. The SMILES string of the molecule is COCCCNC(=O)CN1CCCC1C1CCCCC1=O. The fourth-order valence-corrected chi connectivity index (χ4v) is 3.61. The second kappa shape index (κ2) is 8.49. The van der Waals surface area contributed by atoms with Crippen molar-refractivity contribution in [1.82, 2.24) is 10.2 Å². The van der Waals surface area contributed by atoms with E-state index in [1.807, 2.05) is 0 Å². The lowest BCUT2D eigenvalue weighted by atomic mass is 9.82. The Hall–Kier alpha value is -0.940. The molecule has 0 aromatic heterocycles. The van der Waals surface area contributed by atoms with Crippen LogP contribution in [0.1, 0.15) is 44.9 Å². The number of amides is 1. The standard InChI is InChI=1S/C16H28N2O3/c1-21-11-5-9-17-16(20)12-18-10-4-7-14(18)13-6-2-3-8-15(13)19/h13-14H,2-12H2,1H3,(H,17,20). The van der Waals surface area contributed by atoms with Crippen molar-refractivity contribution in [2.45, 2.75) is 51.0 Å². The molecule has 0 bridgehead atoms. The number of carbonyl (C=O) groups excluding carboxylic acids is 2. The summed E-state index contributed by atoms with van der Waals surface area (Å²) in [4.78, 5) is 26.3. The van der Waals surface area contributed by atoms with Crippen molar-refractivity contribution in [1.29, 1.82) is 0 Å². The van der Waals surface area contributed by atoms with Crippen LogP contribution in [0.3, 0.4) is 0 Å². The summed E-state index contributed by atoms with van der Waals surface area (Å²) >= 11 is 0. The third-order valence-electron chi connectivity index (χ3n) is 4.67. The molecule has 1 amide bonds. The maximum Gasteiger partial charge on any atom is 0.234 e. The maximum absolute atomic E-state index is 12.1. The topological polar surface area (TPSA) is 58.6 Å². The molecule has 1 saturated heterocycles. The van der Waals surface area contributed by atoms with Gasteiger partial charge in [0.25, 0.3) is 0 Å². The number of carbonyl (C=O) groups is 2. The zero-order valence-corrected chi connectivity index (χ0v) is 13.1. The second-order valence-electron chi connectivity index (χ2n) is 6.19. The van der Waals surface area contributed by atoms with E-state index in [4.69, 9.17) is 4.74 Å². The van der Waals surface area contributed by atoms with Gasteiger partial charge in [0.1, 0.15) is 5.78 Å². The molecule has 2 unspecified atom stereocenters. The van der Waals surface area contributed by atoms with Crippen molar-refractivity contribution in [3.63, 3.8) is 0 Å². The monoisotopic (exact) mass is 296 g/mol. The van der Waals surface area contributed by atoms with E-state index in [0.29, 0.717) is 31.5 Å². The Labute approximate surface area is 127 Å². The van der Waals surface area contributed by atoms with Gasteiger partial charge in [0.15, 0.2) is 0 Å². The van der Waals surface area contributed by atoms with Crippen molar-refractivity contribution < 1.29 is 14.3 Å². The number of hydrogen-bond donors (Lipinski definition) is 1. The first-order valence-electron chi connectivity index (χ1n) is 8.24. The largest absolute Gasteiger partial charge is 0.385 e. The summed E-state index contributed by atoms with van der Waals surface area (Å²) < 4.78 is 4.97. The number of nitrogens with one attached hydrogen (secondary N) is 1. The third-order valence-corrected chi connectivity index (χ3v) is 4.67. The van der Waals surface area contributed by atoms with Gasteiger partial charge in [0.05, 0.1) is 6.54 Å². The van der Waals surface area contributed by atoms with Gasteiger partial charge in [-0.05, 0) is 38.6 Å². The molecule has 0 aromatic carbocycles. The van der Waals surface area contributed by atoms with Gasteiger partial charge in [-0.15, -0.1) is 0 Å². The minimum absolute atomic E-state index is 0.0706. The zero-order valence-electron chi connectivity index (χ0n) is 13.1. The Morgan fingerprint density at radius 2 is 2.19 bits per heavy atom. The van der Waals surface area contributed by atoms with Crippen molar-refractivity contribution in [2.24, 2.45) is 5.92 Å². The van der Waals surface area contributed by atoms with E-state index in [9.17, 15) is 9.59 Å². The number of hydrogen-bond acceptors (Lipinski definition) is 4. The van der Waals surface area contributed by atoms with Crippen LogP contribution in [0.4, 0.5) is 0 Å². The lowest BCUT2D eigenvalue weighted by Gasteiger charge is -2.32. The average molecular weight is 296 g/mol. The van der Waals surface area contributed by atoms with E-state index in [2.05, 4.69) is 10.2 Å². The lowest BCUT2D eigenvalue weighted by Crippen LogP contribution is -2.45. The minimum atomic E-state index is 0.0706. The minimum Gasteiger partial charge on any atom is -0.385 e. The van der Waals surface area contributed by atoms with Gasteiger partial charge < -0.3 is 10.1 Å². The Kier molecular flexibility index (Phi) is 6.64. The molecule has 1 saturated carbocycles. The molecular formula is C16H28N2O3. The highest BCUT2D eigenvalue weighted by atomic mass is 16.5. The molecule has 1 heterocycles. The number of Topliss-reactive ketones (excluding diaryl/α,β-unsaturated/α-hetero) is 1. The maximum atomic E-state index is 12.1. The highest BCUT2D eigenvalue weighted by molar-refractivity contribution is 5.82. The summed E-state index contributed by atoms with van der Waals surface area (Å²) in [7, 11) is 1.66. The fourth-order valence-electron chi connectivity index (χ4n) is 3.61. The fraction of sp³-hybridized carbons (Fsp3) is 0.875. The Bertz CT molecular complexity index is 359. The predicted octanol–water partition coefficient (Wildman–Crippen LogP) is 1.36. The highest BCUT2D eigenvalue weighted by Crippen LogP contribution is 2.32. The van der Waals surface area contributed by atoms with Gasteiger partial charge in [0, 0.05) is 38.6 Å². The predicted molar refractivity (Wildman–Crippen MR) is 81.1 cm³/mol. The zero-order chi connectivity index (χ0) is 15.1. The molecule has 2 aliphatic rings. The van der Waals surface area contributed by atoms with Crippen LogP contribution in [0.2, 0.25) is 0 Å². The molecule has 2 rings (SSSR count). The van der Waals surface area contributed by atoms with Crippen LogP contribution < -0.4 is 5.32 Å². The summed E-state index contributed by atoms with van der Waals surface area (Å²) in [6.45, 7) is 2.71. The molecule has 120 valence electrons. The molecule has 21 heavy (non-hydrogen) atoms. The molecule has 2 atom stereocenters. The van der Waals surface area contributed by atoms with Gasteiger partial charge in [-0.2, -0.15) is 0 Å². The molecule has 1 N–H and O–H groups in total. The van der Waals surface area contributed by atoms with E-state index in [1.54, 1.807) is 7.11 Å². The number of likely N-dealkylation sites (tertiary alicyclic amines) is 1. The molecule has 1 aliphatic heterocycles. The number of ketones is 1. The highest BCUT2D eigenvalue weighted by Gasteiger charge is 2.37. The number of ether oxygens (including phenoxy) is 1. The van der Waals surface area contributed by atoms with Gasteiger partial charge in [0.2, 0.25) is 5.91 Å². The van der Waals surface area contributed by atoms with Gasteiger partial charge in [-0.3, -0.25) is 14.5 Å². The lowest BCUT2D eigenvalue weighted by molar-refractivity contribution is -0.129. The third kappa shape index (κ3) is 4.78. The molecule has 5 nitrogen and oxygen atoms in total. The van der Waals surface area contributed by atoms with Crippen LogP contribution in [0.15, 0.2) is 0 Å². The van der Waals surface area contributed by atoms with Crippen molar-refractivity contribution in [3.8, 4) is 0 Å². The van der Waals surface area contributed by atoms with Gasteiger partial charge in [-0.25, -0.2) is 0 Å². The first kappa shape index (κ1) is 16.4. The molecular weight excluding hydrogens is 268 g/mol.